The van der Waals surface area contributed by atoms with Gasteiger partial charge in [-0.15, -0.1) is 0 Å². The summed E-state index contributed by atoms with van der Waals surface area (Å²) in [6, 6.07) is 3.57. The van der Waals surface area contributed by atoms with Gasteiger partial charge in [-0.25, -0.2) is 4.79 Å². The van der Waals surface area contributed by atoms with Gasteiger partial charge in [0.2, 0.25) is 0 Å². The minimum atomic E-state index is -0.527. The fraction of sp³-hybridized carbons (Fsp3) is 0.417. The number of amides is 2. The van der Waals surface area contributed by atoms with E-state index in [0.717, 1.165) is 11.3 Å². The second kappa shape index (κ2) is 5.39. The number of rotatable bonds is 4. The van der Waals surface area contributed by atoms with Crippen LogP contribution < -0.4 is 15.8 Å². The topological polar surface area (TPSA) is 64.3 Å². The molecule has 0 aliphatic rings. The first-order valence-corrected chi connectivity index (χ1v) is 5.24. The largest absolute Gasteiger partial charge is 0.491 e. The number of carbonyl (C=O) groups excluding carboxylic acids is 1. The Hall–Kier alpha value is -1.71. The summed E-state index contributed by atoms with van der Waals surface area (Å²) in [7, 11) is 0. The maximum absolute atomic E-state index is 10.4. The first-order chi connectivity index (χ1) is 7.50. The van der Waals surface area contributed by atoms with Crippen molar-refractivity contribution in [2.45, 2.75) is 20.8 Å². The molecular formula is C12H18N2O2. The Morgan fingerprint density at radius 2 is 1.88 bits per heavy atom. The molecule has 1 aromatic rings. The van der Waals surface area contributed by atoms with Crippen molar-refractivity contribution in [1.82, 2.24) is 5.32 Å². The molecule has 88 valence electrons. The van der Waals surface area contributed by atoms with E-state index in [-0.39, 0.29) is 0 Å². The zero-order chi connectivity index (χ0) is 12.1. The van der Waals surface area contributed by atoms with Crippen LogP contribution >= 0.6 is 0 Å². The minimum Gasteiger partial charge on any atom is -0.491 e. The summed E-state index contributed by atoms with van der Waals surface area (Å²) in [4.78, 5) is 10.4. The number of benzene rings is 1. The maximum Gasteiger partial charge on any atom is 0.312 e. The summed E-state index contributed by atoms with van der Waals surface area (Å²) in [5.74, 6) is 0.856. The lowest BCUT2D eigenvalue weighted by Gasteiger charge is -2.11. The second-order valence-corrected chi connectivity index (χ2v) is 3.84. The Morgan fingerprint density at radius 1 is 1.25 bits per heavy atom. The van der Waals surface area contributed by atoms with Crippen molar-refractivity contribution in [2.24, 2.45) is 5.73 Å². The van der Waals surface area contributed by atoms with Crippen molar-refractivity contribution >= 4 is 6.03 Å². The van der Waals surface area contributed by atoms with Gasteiger partial charge in [0, 0.05) is 0 Å². The number of hydrogen-bond acceptors (Lipinski definition) is 2. The molecule has 3 N–H and O–H groups in total. The van der Waals surface area contributed by atoms with Gasteiger partial charge in [-0.3, -0.25) is 0 Å². The number of aryl methyl sites for hydroxylation is 3. The molecule has 0 atom stereocenters. The number of hydrogen-bond donors (Lipinski definition) is 2. The highest BCUT2D eigenvalue weighted by molar-refractivity contribution is 5.71. The zero-order valence-electron chi connectivity index (χ0n) is 9.96. The summed E-state index contributed by atoms with van der Waals surface area (Å²) in [6.45, 7) is 6.96. The van der Waals surface area contributed by atoms with E-state index in [1.165, 1.54) is 11.1 Å². The number of primary amides is 1. The molecule has 0 unspecified atom stereocenters. The molecule has 0 heterocycles. The predicted molar refractivity (Wildman–Crippen MR) is 63.7 cm³/mol. The normalized spacial score (nSPS) is 9.94. The monoisotopic (exact) mass is 222 g/mol. The SMILES string of the molecule is Cc1cc(C)c(OCCNC(N)=O)cc1C. The molecule has 16 heavy (non-hydrogen) atoms. The number of nitrogens with one attached hydrogen (secondary N) is 1. The smallest absolute Gasteiger partial charge is 0.312 e. The van der Waals surface area contributed by atoms with E-state index in [0.29, 0.717) is 13.2 Å². The molecule has 0 bridgehead atoms. The summed E-state index contributed by atoms with van der Waals surface area (Å²) >= 11 is 0. The molecule has 0 aromatic heterocycles. The fourth-order valence-electron chi connectivity index (χ4n) is 1.42. The van der Waals surface area contributed by atoms with E-state index in [1.807, 2.05) is 19.9 Å². The van der Waals surface area contributed by atoms with E-state index in [2.05, 4.69) is 18.3 Å². The van der Waals surface area contributed by atoms with Gasteiger partial charge >= 0.3 is 6.03 Å². The predicted octanol–water partition coefficient (Wildman–Crippen LogP) is 1.66. The highest BCUT2D eigenvalue weighted by atomic mass is 16.5. The molecule has 4 nitrogen and oxygen atoms in total. The first-order valence-electron chi connectivity index (χ1n) is 5.24. The number of carbonyl (C=O) groups is 1. The average Bonchev–Trinajstić information content (AvgIpc) is 2.19. The minimum absolute atomic E-state index is 0.418. The molecule has 1 rings (SSSR count). The lowest BCUT2D eigenvalue weighted by Crippen LogP contribution is -2.32. The van der Waals surface area contributed by atoms with Gasteiger partial charge in [-0.2, -0.15) is 0 Å². The van der Waals surface area contributed by atoms with Crippen LogP contribution in [0.3, 0.4) is 0 Å². The summed E-state index contributed by atoms with van der Waals surface area (Å²) in [5.41, 5.74) is 8.49. The molecule has 0 fully saturated rings. The average molecular weight is 222 g/mol. The van der Waals surface area contributed by atoms with Gasteiger partial charge in [0.05, 0.1) is 6.54 Å². The Labute approximate surface area is 95.8 Å². The molecule has 0 aliphatic carbocycles. The van der Waals surface area contributed by atoms with Crippen molar-refractivity contribution in [3.63, 3.8) is 0 Å². The van der Waals surface area contributed by atoms with Crippen molar-refractivity contribution in [3.05, 3.63) is 28.8 Å². The number of nitrogens with two attached hydrogens (primary N) is 1. The van der Waals surface area contributed by atoms with E-state index >= 15 is 0 Å². The Bertz CT molecular complexity index is 389. The van der Waals surface area contributed by atoms with Gasteiger partial charge in [0.1, 0.15) is 12.4 Å². The van der Waals surface area contributed by atoms with Crippen molar-refractivity contribution in [3.8, 4) is 5.75 Å². The molecule has 0 radical (unpaired) electrons. The third-order valence-electron chi connectivity index (χ3n) is 2.45. The third kappa shape index (κ3) is 3.46. The third-order valence-corrected chi connectivity index (χ3v) is 2.45. The molecule has 0 saturated heterocycles. The lowest BCUT2D eigenvalue weighted by atomic mass is 10.1. The highest BCUT2D eigenvalue weighted by Gasteiger charge is 2.02. The molecule has 0 saturated carbocycles. The second-order valence-electron chi connectivity index (χ2n) is 3.84. The Kier molecular flexibility index (Phi) is 4.17. The van der Waals surface area contributed by atoms with Gasteiger partial charge in [-0.05, 0) is 43.5 Å². The standard InChI is InChI=1S/C12H18N2O2/c1-8-6-10(3)11(7-9(8)2)16-5-4-14-12(13)15/h6-7H,4-5H2,1-3H3,(H3,13,14,15). The Morgan fingerprint density at radius 3 is 2.50 bits per heavy atom. The van der Waals surface area contributed by atoms with E-state index in [9.17, 15) is 4.79 Å². The van der Waals surface area contributed by atoms with Crippen molar-refractivity contribution in [1.29, 1.82) is 0 Å². The van der Waals surface area contributed by atoms with Crippen LogP contribution in [0.2, 0.25) is 0 Å². The molecule has 2 amide bonds. The van der Waals surface area contributed by atoms with E-state index in [1.54, 1.807) is 0 Å². The maximum atomic E-state index is 10.4. The van der Waals surface area contributed by atoms with E-state index < -0.39 is 6.03 Å². The molecule has 0 aliphatic heterocycles. The number of ether oxygens (including phenoxy) is 1. The van der Waals surface area contributed by atoms with Crippen LogP contribution in [-0.4, -0.2) is 19.2 Å². The van der Waals surface area contributed by atoms with Gasteiger partial charge in [0.15, 0.2) is 0 Å². The molecule has 0 spiro atoms. The summed E-state index contributed by atoms with van der Waals surface area (Å²) < 4.78 is 5.55. The first kappa shape index (κ1) is 12.4. The van der Waals surface area contributed by atoms with Crippen LogP contribution in [0.4, 0.5) is 4.79 Å². The molecule has 4 heteroatoms. The Balaban J connectivity index is 2.54. The molecule has 1 aromatic carbocycles. The highest BCUT2D eigenvalue weighted by Crippen LogP contribution is 2.21. The lowest BCUT2D eigenvalue weighted by molar-refractivity contribution is 0.244. The van der Waals surface area contributed by atoms with Crippen LogP contribution in [0.25, 0.3) is 0 Å². The van der Waals surface area contributed by atoms with Crippen LogP contribution in [0, 0.1) is 20.8 Å². The fourth-order valence-corrected chi connectivity index (χ4v) is 1.42. The van der Waals surface area contributed by atoms with Crippen LogP contribution in [0.15, 0.2) is 12.1 Å². The van der Waals surface area contributed by atoms with Gasteiger partial charge in [-0.1, -0.05) is 6.07 Å². The van der Waals surface area contributed by atoms with E-state index in [4.69, 9.17) is 10.5 Å². The van der Waals surface area contributed by atoms with Crippen LogP contribution in [0.1, 0.15) is 16.7 Å². The molecular weight excluding hydrogens is 204 g/mol. The van der Waals surface area contributed by atoms with Crippen LogP contribution in [-0.2, 0) is 0 Å². The van der Waals surface area contributed by atoms with Crippen LogP contribution in [0.5, 0.6) is 5.75 Å². The summed E-state index contributed by atoms with van der Waals surface area (Å²) in [6.07, 6.45) is 0. The van der Waals surface area contributed by atoms with Gasteiger partial charge < -0.3 is 15.8 Å². The quantitative estimate of drug-likeness (QED) is 0.761. The van der Waals surface area contributed by atoms with Crippen molar-refractivity contribution in [2.75, 3.05) is 13.2 Å². The summed E-state index contributed by atoms with van der Waals surface area (Å²) in [5, 5.41) is 2.48. The van der Waals surface area contributed by atoms with Gasteiger partial charge in [0.25, 0.3) is 0 Å². The number of urea groups is 1. The van der Waals surface area contributed by atoms with Crippen molar-refractivity contribution < 1.29 is 9.53 Å². The zero-order valence-corrected chi connectivity index (χ0v) is 9.96.